The minimum atomic E-state index is -0.209. The first kappa shape index (κ1) is 22.1. The Morgan fingerprint density at radius 1 is 0.882 bits per heavy atom. The third-order valence-corrected chi connectivity index (χ3v) is 6.36. The van der Waals surface area contributed by atoms with Crippen LogP contribution in [-0.2, 0) is 4.74 Å². The lowest BCUT2D eigenvalue weighted by Crippen LogP contribution is -2.59. The number of ether oxygens (including phenoxy) is 2. The maximum absolute atomic E-state index is 6.11. The highest BCUT2D eigenvalue weighted by Crippen LogP contribution is 2.39. The van der Waals surface area contributed by atoms with Crippen LogP contribution < -0.4 is 15.4 Å². The van der Waals surface area contributed by atoms with E-state index in [9.17, 15) is 0 Å². The van der Waals surface area contributed by atoms with Crippen molar-refractivity contribution < 1.29 is 9.47 Å². The maximum Gasteiger partial charge on any atom is 0.132 e. The Balaban J connectivity index is 1.20. The molecule has 4 aromatic rings. The average Bonchev–Trinajstić information content (AvgIpc) is 2.82. The van der Waals surface area contributed by atoms with Crippen molar-refractivity contribution in [2.75, 3.05) is 31.8 Å². The fourth-order valence-corrected chi connectivity index (χ4v) is 4.29. The lowest BCUT2D eigenvalue weighted by Gasteiger charge is -2.50. The molecule has 5 rings (SSSR count). The molecule has 174 valence electrons. The van der Waals surface area contributed by atoms with Crippen LogP contribution in [0.5, 0.6) is 5.75 Å². The van der Waals surface area contributed by atoms with Gasteiger partial charge in [0.15, 0.2) is 0 Å². The molecule has 1 fully saturated rings. The zero-order valence-corrected chi connectivity index (χ0v) is 19.7. The van der Waals surface area contributed by atoms with Crippen LogP contribution >= 0.6 is 0 Å². The summed E-state index contributed by atoms with van der Waals surface area (Å²) in [6, 6.07) is 22.0. The lowest BCUT2D eigenvalue weighted by atomic mass is 9.83. The molecule has 1 aliphatic carbocycles. The summed E-state index contributed by atoms with van der Waals surface area (Å²) in [6.07, 6.45) is 5.49. The minimum Gasteiger partial charge on any atom is -0.490 e. The lowest BCUT2D eigenvalue weighted by molar-refractivity contribution is -0.204. The Labute approximate surface area is 199 Å². The van der Waals surface area contributed by atoms with Crippen LogP contribution in [0.3, 0.4) is 0 Å². The zero-order chi connectivity index (χ0) is 23.5. The number of pyridine rings is 2. The summed E-state index contributed by atoms with van der Waals surface area (Å²) in [5.41, 5.74) is 3.57. The summed E-state index contributed by atoms with van der Waals surface area (Å²) >= 11 is 0. The van der Waals surface area contributed by atoms with Crippen LogP contribution in [0.15, 0.2) is 79.1 Å². The third kappa shape index (κ3) is 4.66. The molecular weight excluding hydrogens is 426 g/mol. The van der Waals surface area contributed by atoms with Crippen LogP contribution in [0, 0.1) is 0 Å². The molecule has 7 nitrogen and oxygen atoms in total. The minimum absolute atomic E-state index is 0.162. The summed E-state index contributed by atoms with van der Waals surface area (Å²) in [7, 11) is 5.84. The molecule has 0 saturated heterocycles. The van der Waals surface area contributed by atoms with Gasteiger partial charge in [0.05, 0.1) is 17.4 Å². The first-order valence-electron chi connectivity index (χ1n) is 11.4. The van der Waals surface area contributed by atoms with Crippen molar-refractivity contribution in [1.29, 1.82) is 0 Å². The van der Waals surface area contributed by atoms with Gasteiger partial charge in [-0.15, -0.1) is 0 Å². The molecule has 2 heterocycles. The molecule has 0 atom stereocenters. The monoisotopic (exact) mass is 455 g/mol. The van der Waals surface area contributed by atoms with Crippen molar-refractivity contribution in [1.82, 2.24) is 14.9 Å². The van der Waals surface area contributed by atoms with E-state index in [4.69, 9.17) is 9.47 Å². The summed E-state index contributed by atoms with van der Waals surface area (Å²) in [4.78, 5) is 11.1. The van der Waals surface area contributed by atoms with Crippen molar-refractivity contribution in [3.63, 3.8) is 0 Å². The fraction of sp³-hybridized carbons (Fsp3) is 0.259. The number of nitrogens with one attached hydrogen (secondary N) is 2. The van der Waals surface area contributed by atoms with Gasteiger partial charge >= 0.3 is 0 Å². The van der Waals surface area contributed by atoms with E-state index >= 15 is 0 Å². The summed E-state index contributed by atoms with van der Waals surface area (Å²) in [5.74, 6) is 1.61. The largest absolute Gasteiger partial charge is 0.490 e. The van der Waals surface area contributed by atoms with E-state index in [0.717, 1.165) is 52.4 Å². The summed E-state index contributed by atoms with van der Waals surface area (Å²) < 4.78 is 11.8. The number of anilines is 4. The van der Waals surface area contributed by atoms with Crippen LogP contribution in [0.1, 0.15) is 12.8 Å². The summed E-state index contributed by atoms with van der Waals surface area (Å²) in [6.45, 7) is 0. The van der Waals surface area contributed by atoms with Crippen molar-refractivity contribution in [2.24, 2.45) is 0 Å². The first-order valence-corrected chi connectivity index (χ1v) is 11.4. The van der Waals surface area contributed by atoms with Gasteiger partial charge in [-0.25, -0.2) is 4.98 Å². The van der Waals surface area contributed by atoms with Crippen LogP contribution in [0.2, 0.25) is 0 Å². The number of rotatable bonds is 8. The molecule has 2 aromatic heterocycles. The van der Waals surface area contributed by atoms with E-state index in [0.29, 0.717) is 0 Å². The number of aromatic nitrogens is 2. The average molecular weight is 456 g/mol. The van der Waals surface area contributed by atoms with Gasteiger partial charge in [-0.05, 0) is 56.6 Å². The predicted octanol–water partition coefficient (Wildman–Crippen LogP) is 5.56. The van der Waals surface area contributed by atoms with E-state index in [1.165, 1.54) is 0 Å². The molecule has 0 amide bonds. The number of methoxy groups -OCH3 is 1. The Kier molecular flexibility index (Phi) is 6.04. The molecule has 2 N–H and O–H groups in total. The van der Waals surface area contributed by atoms with Gasteiger partial charge < -0.3 is 20.1 Å². The van der Waals surface area contributed by atoms with E-state index in [-0.39, 0.29) is 11.8 Å². The van der Waals surface area contributed by atoms with Crippen LogP contribution in [-0.4, -0.2) is 47.9 Å². The molecule has 1 aliphatic rings. The molecule has 34 heavy (non-hydrogen) atoms. The third-order valence-electron chi connectivity index (χ3n) is 6.36. The smallest absolute Gasteiger partial charge is 0.132 e. The molecule has 0 radical (unpaired) electrons. The Bertz CT molecular complexity index is 1270. The number of nitrogens with zero attached hydrogens (tertiary/aromatic N) is 3. The molecule has 0 unspecified atom stereocenters. The standard InChI is InChI=1S/C27H29N5O2/c1-32(2)27(33-3)16-24(17-27)34-23-10-8-20(9-11-23)31-26-15-21(12-13-28-26)30-22-14-19-6-4-5-7-25(19)29-18-22/h4-15,18,24H,16-17H2,1-3H3,(H2,28,30,31). The molecule has 0 bridgehead atoms. The van der Waals surface area contributed by atoms with E-state index in [1.54, 1.807) is 13.3 Å². The van der Waals surface area contributed by atoms with Crippen molar-refractivity contribution in [3.05, 3.63) is 79.1 Å². The van der Waals surface area contributed by atoms with E-state index in [1.807, 2.05) is 74.9 Å². The highest BCUT2D eigenvalue weighted by Gasteiger charge is 2.48. The number of hydrogen-bond donors (Lipinski definition) is 2. The van der Waals surface area contributed by atoms with Crippen molar-refractivity contribution in [3.8, 4) is 5.75 Å². The van der Waals surface area contributed by atoms with Gasteiger partial charge in [0.2, 0.25) is 0 Å². The van der Waals surface area contributed by atoms with Crippen molar-refractivity contribution >= 4 is 33.8 Å². The fourth-order valence-electron chi connectivity index (χ4n) is 4.29. The van der Waals surface area contributed by atoms with Crippen molar-refractivity contribution in [2.45, 2.75) is 24.7 Å². The topological polar surface area (TPSA) is 71.5 Å². The highest BCUT2D eigenvalue weighted by molar-refractivity contribution is 5.82. The van der Waals surface area contributed by atoms with Gasteiger partial charge in [0, 0.05) is 49.0 Å². The van der Waals surface area contributed by atoms with Gasteiger partial charge in [-0.1, -0.05) is 18.2 Å². The molecule has 0 aliphatic heterocycles. The number of benzene rings is 2. The second-order valence-electron chi connectivity index (χ2n) is 8.81. The normalized spacial score (nSPS) is 19.6. The van der Waals surface area contributed by atoms with E-state index < -0.39 is 0 Å². The van der Waals surface area contributed by atoms with Gasteiger partial charge in [0.25, 0.3) is 0 Å². The zero-order valence-electron chi connectivity index (χ0n) is 19.7. The Morgan fingerprint density at radius 3 is 2.44 bits per heavy atom. The van der Waals surface area contributed by atoms with Crippen LogP contribution in [0.25, 0.3) is 10.9 Å². The second kappa shape index (κ2) is 9.29. The number of fused-ring (bicyclic) bond motifs is 1. The maximum atomic E-state index is 6.11. The summed E-state index contributed by atoms with van der Waals surface area (Å²) in [5, 5.41) is 7.86. The predicted molar refractivity (Wildman–Crippen MR) is 136 cm³/mol. The Hall–Kier alpha value is -3.68. The highest BCUT2D eigenvalue weighted by atomic mass is 16.5. The van der Waals surface area contributed by atoms with Gasteiger partial charge in [-0.3, -0.25) is 9.88 Å². The molecule has 2 aromatic carbocycles. The second-order valence-corrected chi connectivity index (χ2v) is 8.81. The molecule has 7 heteroatoms. The van der Waals surface area contributed by atoms with Gasteiger partial charge in [-0.2, -0.15) is 0 Å². The molecule has 0 spiro atoms. The Morgan fingerprint density at radius 2 is 1.68 bits per heavy atom. The SMILES string of the molecule is COC1(N(C)C)CC(Oc2ccc(Nc3cc(Nc4cnc5ccccc5c4)ccn3)cc2)C1. The van der Waals surface area contributed by atoms with Crippen LogP contribution in [0.4, 0.5) is 22.9 Å². The van der Waals surface area contributed by atoms with Gasteiger partial charge in [0.1, 0.15) is 23.4 Å². The number of hydrogen-bond acceptors (Lipinski definition) is 7. The molecular formula is C27H29N5O2. The number of para-hydroxylation sites is 1. The van der Waals surface area contributed by atoms with E-state index in [2.05, 4.69) is 37.6 Å². The molecule has 1 saturated carbocycles. The quantitative estimate of drug-likeness (QED) is 0.337. The first-order chi connectivity index (χ1) is 16.5.